The predicted octanol–water partition coefficient (Wildman–Crippen LogP) is 3.52. The molecule has 34 heavy (non-hydrogen) atoms. The number of ether oxygens (including phenoxy) is 2. The molecule has 0 bridgehead atoms. The van der Waals surface area contributed by atoms with Crippen LogP contribution in [0.15, 0.2) is 72.1 Å². The molecule has 9 nitrogen and oxygen atoms in total. The van der Waals surface area contributed by atoms with Crippen LogP contribution in [0.3, 0.4) is 0 Å². The van der Waals surface area contributed by atoms with Crippen molar-refractivity contribution in [2.75, 3.05) is 19.5 Å². The first-order chi connectivity index (χ1) is 16.5. The van der Waals surface area contributed by atoms with Crippen molar-refractivity contribution in [1.29, 1.82) is 0 Å². The molecule has 0 saturated heterocycles. The molecule has 1 aliphatic heterocycles. The number of carbonyl (C=O) groups excluding carboxylic acids is 3. The van der Waals surface area contributed by atoms with Gasteiger partial charge in [-0.1, -0.05) is 6.07 Å². The Labute approximate surface area is 196 Å². The van der Waals surface area contributed by atoms with E-state index in [1.54, 1.807) is 61.8 Å². The van der Waals surface area contributed by atoms with E-state index in [4.69, 9.17) is 9.47 Å². The van der Waals surface area contributed by atoms with E-state index in [0.717, 1.165) is 10.6 Å². The van der Waals surface area contributed by atoms with E-state index in [-0.39, 0.29) is 17.9 Å². The van der Waals surface area contributed by atoms with Gasteiger partial charge >= 0.3 is 0 Å². The van der Waals surface area contributed by atoms with Gasteiger partial charge in [0.25, 0.3) is 17.7 Å². The number of hydrogen-bond donors (Lipinski definition) is 1. The first-order valence-corrected chi connectivity index (χ1v) is 10.5. The van der Waals surface area contributed by atoms with Crippen LogP contribution >= 0.6 is 0 Å². The number of rotatable bonds is 6. The van der Waals surface area contributed by atoms with Gasteiger partial charge in [0, 0.05) is 42.0 Å². The second-order valence-electron chi connectivity index (χ2n) is 7.40. The largest absolute Gasteiger partial charge is 0.493 e. The molecule has 0 fully saturated rings. The van der Waals surface area contributed by atoms with E-state index in [2.05, 4.69) is 15.4 Å². The van der Waals surface area contributed by atoms with E-state index < -0.39 is 11.8 Å². The third-order valence-corrected chi connectivity index (χ3v) is 5.23. The van der Waals surface area contributed by atoms with Gasteiger partial charge in [0.2, 0.25) is 0 Å². The van der Waals surface area contributed by atoms with Crippen molar-refractivity contribution in [3.05, 3.63) is 83.7 Å². The van der Waals surface area contributed by atoms with Crippen LogP contribution in [0.4, 0.5) is 5.69 Å². The lowest BCUT2D eigenvalue weighted by molar-refractivity contribution is -0.129. The molecule has 0 atom stereocenters. The Kier molecular flexibility index (Phi) is 6.63. The third-order valence-electron chi connectivity index (χ3n) is 5.23. The van der Waals surface area contributed by atoms with Gasteiger partial charge in [0.05, 0.1) is 25.5 Å². The number of anilines is 1. The average molecular weight is 458 g/mol. The Morgan fingerprint density at radius 3 is 2.47 bits per heavy atom. The number of carbonyl (C=O) groups is 3. The first-order valence-electron chi connectivity index (χ1n) is 10.5. The predicted molar refractivity (Wildman–Crippen MR) is 125 cm³/mol. The minimum atomic E-state index is -0.583. The molecule has 1 aromatic heterocycles. The van der Waals surface area contributed by atoms with Gasteiger partial charge < -0.3 is 14.8 Å². The average Bonchev–Trinajstić information content (AvgIpc) is 2.88. The van der Waals surface area contributed by atoms with Crippen molar-refractivity contribution >= 4 is 29.1 Å². The summed E-state index contributed by atoms with van der Waals surface area (Å²) in [5.74, 6) is -0.258. The topological polar surface area (TPSA) is 110 Å². The Morgan fingerprint density at radius 2 is 1.74 bits per heavy atom. The number of pyridine rings is 1. The van der Waals surface area contributed by atoms with Gasteiger partial charge in [-0.15, -0.1) is 0 Å². The molecule has 1 N–H and O–H groups in total. The molecule has 0 spiro atoms. The van der Waals surface area contributed by atoms with Crippen molar-refractivity contribution in [3.8, 4) is 11.5 Å². The Hall–Kier alpha value is -4.53. The lowest BCUT2D eigenvalue weighted by Gasteiger charge is -2.22. The number of methoxy groups -OCH3 is 2. The van der Waals surface area contributed by atoms with Gasteiger partial charge in [0.15, 0.2) is 11.5 Å². The summed E-state index contributed by atoms with van der Waals surface area (Å²) in [4.78, 5) is 42.0. The van der Waals surface area contributed by atoms with Crippen LogP contribution < -0.4 is 14.8 Å². The number of imide groups is 1. The van der Waals surface area contributed by atoms with Crippen LogP contribution in [-0.2, 0) is 4.79 Å². The molecule has 0 radical (unpaired) electrons. The monoisotopic (exact) mass is 458 g/mol. The van der Waals surface area contributed by atoms with Gasteiger partial charge in [-0.2, -0.15) is 10.1 Å². The van der Waals surface area contributed by atoms with Crippen molar-refractivity contribution < 1.29 is 23.9 Å². The minimum Gasteiger partial charge on any atom is -0.493 e. The molecule has 1 aliphatic rings. The molecule has 3 aromatic rings. The molecule has 0 unspecified atom stereocenters. The zero-order valence-corrected chi connectivity index (χ0v) is 18.6. The number of aromatic nitrogens is 1. The van der Waals surface area contributed by atoms with Gasteiger partial charge in [-0.25, -0.2) is 0 Å². The Morgan fingerprint density at radius 1 is 0.941 bits per heavy atom. The van der Waals surface area contributed by atoms with Gasteiger partial charge in [-0.3, -0.25) is 19.4 Å². The number of amides is 3. The fraction of sp³-hybridized carbons (Fsp3) is 0.160. The highest BCUT2D eigenvalue weighted by Crippen LogP contribution is 2.29. The molecule has 0 aliphatic carbocycles. The third kappa shape index (κ3) is 4.78. The molecule has 2 aromatic carbocycles. The van der Waals surface area contributed by atoms with E-state index >= 15 is 0 Å². The number of hydrazone groups is 1. The molecule has 172 valence electrons. The molecule has 9 heteroatoms. The summed E-state index contributed by atoms with van der Waals surface area (Å²) < 4.78 is 10.6. The van der Waals surface area contributed by atoms with Crippen molar-refractivity contribution in [2.24, 2.45) is 5.10 Å². The number of nitrogens with one attached hydrogen (secondary N) is 1. The molecular weight excluding hydrogens is 436 g/mol. The molecule has 4 rings (SSSR count). The minimum absolute atomic E-state index is 0.135. The van der Waals surface area contributed by atoms with Crippen molar-refractivity contribution in [3.63, 3.8) is 0 Å². The van der Waals surface area contributed by atoms with Crippen LogP contribution in [0, 0.1) is 0 Å². The van der Waals surface area contributed by atoms with Crippen LogP contribution in [-0.4, -0.2) is 47.6 Å². The maximum absolute atomic E-state index is 13.1. The SMILES string of the molecule is COc1ccc(C2=NN(C(=O)c3cccc(NC(=O)c4cccnc4)c3)C(=O)CC2)cc1OC. The fourth-order valence-corrected chi connectivity index (χ4v) is 3.49. The normalized spacial score (nSPS) is 13.2. The van der Waals surface area contributed by atoms with Crippen LogP contribution in [0.2, 0.25) is 0 Å². The van der Waals surface area contributed by atoms with Crippen molar-refractivity contribution in [2.45, 2.75) is 12.8 Å². The highest BCUT2D eigenvalue weighted by Gasteiger charge is 2.28. The lowest BCUT2D eigenvalue weighted by atomic mass is 10.0. The number of nitrogens with zero attached hydrogens (tertiary/aromatic N) is 3. The summed E-state index contributed by atoms with van der Waals surface area (Å²) in [6.45, 7) is 0. The van der Waals surface area contributed by atoms with Crippen LogP contribution in [0.1, 0.15) is 39.1 Å². The van der Waals surface area contributed by atoms with Crippen LogP contribution in [0.25, 0.3) is 0 Å². The van der Waals surface area contributed by atoms with Gasteiger partial charge in [0.1, 0.15) is 0 Å². The summed E-state index contributed by atoms with van der Waals surface area (Å²) in [5, 5.41) is 7.94. The Bertz CT molecular complexity index is 1270. The summed E-state index contributed by atoms with van der Waals surface area (Å²) >= 11 is 0. The second-order valence-corrected chi connectivity index (χ2v) is 7.40. The zero-order chi connectivity index (χ0) is 24.1. The van der Waals surface area contributed by atoms with Gasteiger partial charge in [-0.05, 0) is 48.5 Å². The summed E-state index contributed by atoms with van der Waals surface area (Å²) in [6, 6.07) is 14.9. The number of benzene rings is 2. The number of hydrogen-bond acceptors (Lipinski definition) is 7. The first kappa shape index (κ1) is 22.7. The molecular formula is C25H22N4O5. The molecule has 0 saturated carbocycles. The van der Waals surface area contributed by atoms with E-state index in [1.165, 1.54) is 19.4 Å². The maximum Gasteiger partial charge on any atom is 0.281 e. The molecule has 3 amide bonds. The fourth-order valence-electron chi connectivity index (χ4n) is 3.49. The quantitative estimate of drug-likeness (QED) is 0.566. The van der Waals surface area contributed by atoms with Crippen LogP contribution in [0.5, 0.6) is 11.5 Å². The van der Waals surface area contributed by atoms with E-state index in [0.29, 0.717) is 34.9 Å². The standard InChI is InChI=1S/C25H22N4O5/c1-33-21-10-8-16(14-22(21)34-2)20-9-11-23(30)29(28-20)25(32)17-5-3-7-19(13-17)27-24(31)18-6-4-12-26-15-18/h3-8,10,12-15H,9,11H2,1-2H3,(H,27,31). The highest BCUT2D eigenvalue weighted by atomic mass is 16.5. The summed E-state index contributed by atoms with van der Waals surface area (Å²) in [5.41, 5.74) is 2.31. The summed E-state index contributed by atoms with van der Waals surface area (Å²) in [7, 11) is 3.08. The molecule has 2 heterocycles. The lowest BCUT2D eigenvalue weighted by Crippen LogP contribution is -2.37. The highest BCUT2D eigenvalue weighted by molar-refractivity contribution is 6.12. The Balaban J connectivity index is 1.58. The smallest absolute Gasteiger partial charge is 0.281 e. The second kappa shape index (κ2) is 9.95. The summed E-state index contributed by atoms with van der Waals surface area (Å²) in [6.07, 6.45) is 3.54. The van der Waals surface area contributed by atoms with E-state index in [9.17, 15) is 14.4 Å². The van der Waals surface area contributed by atoms with E-state index in [1.807, 2.05) is 0 Å². The van der Waals surface area contributed by atoms with Crippen molar-refractivity contribution in [1.82, 2.24) is 9.99 Å². The zero-order valence-electron chi connectivity index (χ0n) is 18.6. The maximum atomic E-state index is 13.1.